The van der Waals surface area contributed by atoms with Gasteiger partial charge in [-0.3, -0.25) is 14.6 Å². The minimum atomic E-state index is -0.472. The van der Waals surface area contributed by atoms with Crippen LogP contribution >= 0.6 is 11.3 Å². The fourth-order valence-electron chi connectivity index (χ4n) is 5.08. The first kappa shape index (κ1) is 27.3. The zero-order chi connectivity index (χ0) is 29.2. The molecule has 0 radical (unpaired) electrons. The Bertz CT molecular complexity index is 1770. The van der Waals surface area contributed by atoms with Crippen LogP contribution in [-0.4, -0.2) is 28.3 Å². The topological polar surface area (TPSA) is 87.2 Å². The fraction of sp³-hybridized carbons (Fsp3) is 0.152. The lowest BCUT2D eigenvalue weighted by atomic mass is 10.1. The lowest BCUT2D eigenvalue weighted by molar-refractivity contribution is 0.0981. The highest BCUT2D eigenvalue weighted by Gasteiger charge is 2.28. The highest BCUT2D eigenvalue weighted by molar-refractivity contribution is 7.17. The lowest BCUT2D eigenvalue weighted by Gasteiger charge is -2.23. The second kappa shape index (κ2) is 11.5. The van der Waals surface area contributed by atoms with E-state index in [-0.39, 0.29) is 23.5 Å². The number of hydrogen-bond acceptors (Lipinski definition) is 6. The first-order chi connectivity index (χ1) is 20.4. The molecule has 9 heteroatoms. The van der Waals surface area contributed by atoms with Crippen molar-refractivity contribution in [3.05, 3.63) is 124 Å². The molecule has 5 aromatic rings. The van der Waals surface area contributed by atoms with Crippen molar-refractivity contribution in [2.75, 3.05) is 22.1 Å². The van der Waals surface area contributed by atoms with Gasteiger partial charge in [-0.05, 0) is 73.9 Å². The largest absolute Gasteiger partial charge is 0.362 e. The van der Waals surface area contributed by atoms with Gasteiger partial charge >= 0.3 is 0 Å². The van der Waals surface area contributed by atoms with Gasteiger partial charge in [0.15, 0.2) is 0 Å². The van der Waals surface area contributed by atoms with E-state index in [9.17, 15) is 14.0 Å². The molecule has 2 aromatic carbocycles. The van der Waals surface area contributed by atoms with Gasteiger partial charge in [0.1, 0.15) is 17.3 Å². The molecule has 2 N–H and O–H groups in total. The maximum Gasteiger partial charge on any atom is 0.276 e. The molecular formula is C33H28FN5O2S. The van der Waals surface area contributed by atoms with Gasteiger partial charge in [0.2, 0.25) is 0 Å². The van der Waals surface area contributed by atoms with Crippen molar-refractivity contribution in [1.82, 2.24) is 9.97 Å². The summed E-state index contributed by atoms with van der Waals surface area (Å²) < 4.78 is 14.4. The van der Waals surface area contributed by atoms with Gasteiger partial charge in [-0.2, -0.15) is 0 Å². The van der Waals surface area contributed by atoms with Gasteiger partial charge in [0.05, 0.1) is 28.0 Å². The molecule has 210 valence electrons. The summed E-state index contributed by atoms with van der Waals surface area (Å²) >= 11 is 1.34. The molecule has 6 rings (SSSR count). The maximum atomic E-state index is 14.4. The summed E-state index contributed by atoms with van der Waals surface area (Å²) in [6.07, 6.45) is 2.29. The smallest absolute Gasteiger partial charge is 0.276 e. The third kappa shape index (κ3) is 5.38. The summed E-state index contributed by atoms with van der Waals surface area (Å²) in [6, 6.07) is 25.2. The minimum absolute atomic E-state index is 0.0901. The van der Waals surface area contributed by atoms with E-state index in [2.05, 4.69) is 20.6 Å². The zero-order valence-electron chi connectivity index (χ0n) is 23.1. The minimum Gasteiger partial charge on any atom is -0.362 e. The molecule has 42 heavy (non-hydrogen) atoms. The number of aromatic nitrogens is 2. The first-order valence-electron chi connectivity index (χ1n) is 13.6. The summed E-state index contributed by atoms with van der Waals surface area (Å²) in [7, 11) is 0. The third-order valence-corrected chi connectivity index (χ3v) is 8.46. The number of nitrogens with zero attached hydrogens (tertiary/aromatic N) is 3. The molecule has 3 aromatic heterocycles. The molecule has 1 aliphatic rings. The molecule has 0 unspecified atom stereocenters. The number of halogens is 1. The Labute approximate surface area is 247 Å². The Kier molecular flexibility index (Phi) is 7.50. The van der Waals surface area contributed by atoms with E-state index >= 15 is 0 Å². The fourth-order valence-corrected chi connectivity index (χ4v) is 6.22. The standard InChI is InChI=1S/C33H28FN5O2S/c1-20-9-7-11-24(34)30(20)38-32(40)28-19-22-16-18-39(27-14-4-3-10-23(27)31(22)42-28)33(41)26-13-8-15-29(37-26)36-21(2)25-12-5-6-17-35-25/h3-15,17,19,21H,16,18H2,1-2H3,(H,36,37)(H,38,40)/t21-/m0/s1. The quantitative estimate of drug-likeness (QED) is 0.221. The van der Waals surface area contributed by atoms with E-state index in [1.807, 2.05) is 67.6 Å². The van der Waals surface area contributed by atoms with E-state index in [4.69, 9.17) is 0 Å². The van der Waals surface area contributed by atoms with Gasteiger partial charge in [-0.25, -0.2) is 9.37 Å². The van der Waals surface area contributed by atoms with Crippen molar-refractivity contribution in [1.29, 1.82) is 0 Å². The van der Waals surface area contributed by atoms with Gasteiger partial charge in [0.25, 0.3) is 11.8 Å². The number of aryl methyl sites for hydroxylation is 1. The van der Waals surface area contributed by atoms with Crippen LogP contribution in [0.3, 0.4) is 0 Å². The number of anilines is 3. The molecule has 4 heterocycles. The number of carbonyl (C=O) groups excluding carboxylic acids is 2. The second-order valence-electron chi connectivity index (χ2n) is 10.1. The van der Waals surface area contributed by atoms with Crippen molar-refractivity contribution in [3.63, 3.8) is 0 Å². The third-order valence-electron chi connectivity index (χ3n) is 7.25. The summed E-state index contributed by atoms with van der Waals surface area (Å²) in [4.78, 5) is 39.2. The number of thiophene rings is 1. The van der Waals surface area contributed by atoms with E-state index in [1.54, 1.807) is 36.2 Å². The monoisotopic (exact) mass is 577 g/mol. The number of amides is 2. The Balaban J connectivity index is 1.26. The van der Waals surface area contributed by atoms with Gasteiger partial charge in [0, 0.05) is 23.2 Å². The highest BCUT2D eigenvalue weighted by Crippen LogP contribution is 2.42. The van der Waals surface area contributed by atoms with Crippen LogP contribution in [0.2, 0.25) is 0 Å². The van der Waals surface area contributed by atoms with E-state index in [0.29, 0.717) is 34.9 Å². The van der Waals surface area contributed by atoms with Crippen LogP contribution in [0.25, 0.3) is 10.4 Å². The number of nitrogens with one attached hydrogen (secondary N) is 2. The molecule has 7 nitrogen and oxygen atoms in total. The number of para-hydroxylation sites is 2. The molecule has 0 saturated carbocycles. The lowest BCUT2D eigenvalue weighted by Crippen LogP contribution is -2.33. The van der Waals surface area contributed by atoms with Crippen LogP contribution in [-0.2, 0) is 6.42 Å². The summed E-state index contributed by atoms with van der Waals surface area (Å²) in [5, 5.41) is 6.07. The molecule has 0 saturated heterocycles. The van der Waals surface area contributed by atoms with Gasteiger partial charge < -0.3 is 15.5 Å². The van der Waals surface area contributed by atoms with Crippen molar-refractivity contribution in [2.45, 2.75) is 26.3 Å². The first-order valence-corrected chi connectivity index (χ1v) is 14.5. The summed E-state index contributed by atoms with van der Waals surface area (Å²) in [5.41, 5.74) is 4.62. The summed E-state index contributed by atoms with van der Waals surface area (Å²) in [5.74, 6) is -0.457. The predicted octanol–water partition coefficient (Wildman–Crippen LogP) is 7.28. The van der Waals surface area contributed by atoms with Crippen LogP contribution in [0.4, 0.5) is 21.6 Å². The molecule has 0 bridgehead atoms. The Hall–Kier alpha value is -4.89. The zero-order valence-corrected chi connectivity index (χ0v) is 23.9. The SMILES string of the molecule is Cc1cccc(F)c1NC(=O)c1cc2c(s1)-c1ccccc1N(C(=O)c1cccc(N[C@@H](C)c3ccccn3)n1)CC2. The Morgan fingerprint density at radius 1 is 1.00 bits per heavy atom. The number of rotatable bonds is 6. The van der Waals surface area contributed by atoms with Crippen molar-refractivity contribution >= 4 is 40.3 Å². The van der Waals surface area contributed by atoms with Crippen molar-refractivity contribution < 1.29 is 14.0 Å². The molecule has 2 amide bonds. The molecule has 0 aliphatic carbocycles. The Morgan fingerprint density at radius 2 is 1.81 bits per heavy atom. The summed E-state index contributed by atoms with van der Waals surface area (Å²) in [6.45, 7) is 4.16. The normalized spacial score (nSPS) is 13.0. The number of pyridine rings is 2. The van der Waals surface area contributed by atoms with E-state index in [1.165, 1.54) is 17.4 Å². The van der Waals surface area contributed by atoms with Gasteiger partial charge in [-0.15, -0.1) is 11.3 Å². The molecule has 1 atom stereocenters. The van der Waals surface area contributed by atoms with Crippen LogP contribution in [0.5, 0.6) is 0 Å². The van der Waals surface area contributed by atoms with Gasteiger partial charge in [-0.1, -0.05) is 42.5 Å². The Morgan fingerprint density at radius 3 is 2.62 bits per heavy atom. The van der Waals surface area contributed by atoms with Crippen molar-refractivity contribution in [2.24, 2.45) is 0 Å². The molecule has 0 fully saturated rings. The van der Waals surface area contributed by atoms with Crippen molar-refractivity contribution in [3.8, 4) is 10.4 Å². The highest BCUT2D eigenvalue weighted by atomic mass is 32.1. The number of benzene rings is 2. The number of hydrogen-bond donors (Lipinski definition) is 2. The average Bonchev–Trinajstić information content (AvgIpc) is 3.37. The maximum absolute atomic E-state index is 14.4. The predicted molar refractivity (Wildman–Crippen MR) is 165 cm³/mol. The molecular weight excluding hydrogens is 549 g/mol. The molecule has 0 spiro atoms. The number of carbonyl (C=O) groups is 2. The average molecular weight is 578 g/mol. The van der Waals surface area contributed by atoms with Crippen LogP contribution in [0.1, 0.15) is 49.9 Å². The number of fused-ring (bicyclic) bond motifs is 3. The van der Waals surface area contributed by atoms with Crippen LogP contribution in [0.15, 0.2) is 91.1 Å². The molecule has 1 aliphatic heterocycles. The second-order valence-corrected chi connectivity index (χ2v) is 11.2. The van der Waals surface area contributed by atoms with E-state index < -0.39 is 5.82 Å². The van der Waals surface area contributed by atoms with Crippen LogP contribution in [0, 0.1) is 12.7 Å². The van der Waals surface area contributed by atoms with Crippen LogP contribution < -0.4 is 15.5 Å². The van der Waals surface area contributed by atoms with E-state index in [0.717, 1.165) is 27.4 Å².